The Kier molecular flexibility index (Phi) is 7.20. The Hall–Kier alpha value is -0.0800. The fraction of sp³-hybridized carbons (Fsp3) is 1.00. The standard InChI is InChI=1S/C9H17NO.2C2H6/c1-8-5-9(6-10(8)2)3-4-11-7-9;2*1-2/h8H,3-7H2,1-2H3;2*1-2H3. The zero-order valence-corrected chi connectivity index (χ0v) is 11.5. The van der Waals surface area contributed by atoms with Crippen molar-refractivity contribution >= 4 is 0 Å². The molecule has 92 valence electrons. The monoisotopic (exact) mass is 215 g/mol. The Bertz CT molecular complexity index is 141. The molecule has 2 unspecified atom stereocenters. The molecule has 0 amide bonds. The van der Waals surface area contributed by atoms with E-state index in [1.807, 2.05) is 27.7 Å². The molecule has 2 heterocycles. The van der Waals surface area contributed by atoms with E-state index in [-0.39, 0.29) is 0 Å². The van der Waals surface area contributed by atoms with Gasteiger partial charge in [0, 0.05) is 24.6 Å². The maximum atomic E-state index is 5.45. The third-order valence-electron chi connectivity index (χ3n) is 3.25. The highest BCUT2D eigenvalue weighted by molar-refractivity contribution is 4.95. The SMILES string of the molecule is CC.CC.CC1CC2(CCOC2)CN1C. The number of likely N-dealkylation sites (tertiary alicyclic amines) is 1. The third kappa shape index (κ3) is 3.76. The van der Waals surface area contributed by atoms with Crippen LogP contribution in [-0.4, -0.2) is 37.7 Å². The molecular formula is C13H29NO. The molecule has 15 heavy (non-hydrogen) atoms. The third-order valence-corrected chi connectivity index (χ3v) is 3.25. The van der Waals surface area contributed by atoms with Crippen LogP contribution in [0.25, 0.3) is 0 Å². The van der Waals surface area contributed by atoms with Crippen LogP contribution in [0.3, 0.4) is 0 Å². The molecule has 1 spiro atoms. The number of hydrogen-bond donors (Lipinski definition) is 0. The molecule has 2 rings (SSSR count). The molecule has 2 aliphatic heterocycles. The van der Waals surface area contributed by atoms with Crippen LogP contribution in [0.1, 0.15) is 47.5 Å². The smallest absolute Gasteiger partial charge is 0.0536 e. The maximum absolute atomic E-state index is 5.45. The first kappa shape index (κ1) is 14.9. The van der Waals surface area contributed by atoms with Crippen LogP contribution >= 0.6 is 0 Å². The van der Waals surface area contributed by atoms with Gasteiger partial charge in [-0.1, -0.05) is 27.7 Å². The van der Waals surface area contributed by atoms with Gasteiger partial charge in [0.05, 0.1) is 6.61 Å². The molecule has 0 N–H and O–H groups in total. The average Bonchev–Trinajstić information content (AvgIpc) is 2.82. The second-order valence-corrected chi connectivity index (χ2v) is 4.27. The van der Waals surface area contributed by atoms with Crippen LogP contribution in [-0.2, 0) is 4.74 Å². The highest BCUT2D eigenvalue weighted by Crippen LogP contribution is 2.40. The molecule has 2 nitrogen and oxygen atoms in total. The molecule has 0 aromatic heterocycles. The van der Waals surface area contributed by atoms with Crippen molar-refractivity contribution in [3.05, 3.63) is 0 Å². The molecule has 0 radical (unpaired) electrons. The van der Waals surface area contributed by atoms with Crippen molar-refractivity contribution < 1.29 is 4.74 Å². The van der Waals surface area contributed by atoms with Crippen molar-refractivity contribution in [2.45, 2.75) is 53.5 Å². The molecule has 2 saturated heterocycles. The molecule has 0 aromatic rings. The van der Waals surface area contributed by atoms with E-state index in [0.717, 1.165) is 19.3 Å². The zero-order valence-electron chi connectivity index (χ0n) is 11.5. The predicted molar refractivity (Wildman–Crippen MR) is 67.3 cm³/mol. The van der Waals surface area contributed by atoms with E-state index in [9.17, 15) is 0 Å². The van der Waals surface area contributed by atoms with E-state index in [1.54, 1.807) is 0 Å². The number of ether oxygens (including phenoxy) is 1. The van der Waals surface area contributed by atoms with E-state index in [0.29, 0.717) is 5.41 Å². The van der Waals surface area contributed by atoms with E-state index >= 15 is 0 Å². The minimum Gasteiger partial charge on any atom is -0.381 e. The largest absolute Gasteiger partial charge is 0.381 e. The fourth-order valence-corrected chi connectivity index (χ4v) is 2.47. The van der Waals surface area contributed by atoms with Gasteiger partial charge >= 0.3 is 0 Å². The molecule has 2 aliphatic rings. The Morgan fingerprint density at radius 1 is 1.20 bits per heavy atom. The summed E-state index contributed by atoms with van der Waals surface area (Å²) in [7, 11) is 2.22. The van der Waals surface area contributed by atoms with Crippen LogP contribution in [0.2, 0.25) is 0 Å². The minimum atomic E-state index is 0.536. The Labute approximate surface area is 96.0 Å². The highest BCUT2D eigenvalue weighted by atomic mass is 16.5. The zero-order chi connectivity index (χ0) is 11.9. The Balaban J connectivity index is 0.000000442. The molecule has 2 heteroatoms. The number of hydrogen-bond acceptors (Lipinski definition) is 2. The quantitative estimate of drug-likeness (QED) is 0.615. The number of nitrogens with zero attached hydrogens (tertiary/aromatic N) is 1. The van der Waals surface area contributed by atoms with Gasteiger partial charge in [0.15, 0.2) is 0 Å². The second kappa shape index (κ2) is 7.24. The summed E-state index contributed by atoms with van der Waals surface area (Å²) in [6, 6.07) is 0.761. The molecule has 2 fully saturated rings. The molecule has 0 bridgehead atoms. The minimum absolute atomic E-state index is 0.536. The van der Waals surface area contributed by atoms with Crippen LogP contribution in [0, 0.1) is 5.41 Å². The molecule has 0 aliphatic carbocycles. The fourth-order valence-electron chi connectivity index (χ4n) is 2.47. The lowest BCUT2D eigenvalue weighted by Crippen LogP contribution is -2.25. The van der Waals surface area contributed by atoms with Gasteiger partial charge in [0.1, 0.15) is 0 Å². The summed E-state index contributed by atoms with van der Waals surface area (Å²) in [5, 5.41) is 0. The highest BCUT2D eigenvalue weighted by Gasteiger charge is 2.43. The van der Waals surface area contributed by atoms with Crippen molar-refractivity contribution in [1.29, 1.82) is 0 Å². The topological polar surface area (TPSA) is 12.5 Å². The maximum Gasteiger partial charge on any atom is 0.0536 e. The van der Waals surface area contributed by atoms with Gasteiger partial charge in [-0.2, -0.15) is 0 Å². The van der Waals surface area contributed by atoms with Crippen molar-refractivity contribution in [1.82, 2.24) is 4.90 Å². The summed E-state index contributed by atoms with van der Waals surface area (Å²) in [6.45, 7) is 13.5. The summed E-state index contributed by atoms with van der Waals surface area (Å²) in [5.74, 6) is 0. The van der Waals surface area contributed by atoms with Crippen LogP contribution < -0.4 is 0 Å². The molecule has 0 saturated carbocycles. The van der Waals surface area contributed by atoms with E-state index < -0.39 is 0 Å². The molecule has 0 aromatic carbocycles. The summed E-state index contributed by atoms with van der Waals surface area (Å²) in [4.78, 5) is 2.45. The summed E-state index contributed by atoms with van der Waals surface area (Å²) in [6.07, 6.45) is 2.62. The van der Waals surface area contributed by atoms with Gasteiger partial charge in [-0.3, -0.25) is 0 Å². The average molecular weight is 215 g/mol. The predicted octanol–water partition coefficient (Wildman–Crippen LogP) is 3.17. The summed E-state index contributed by atoms with van der Waals surface area (Å²) < 4.78 is 5.45. The second-order valence-electron chi connectivity index (χ2n) is 4.27. The lowest BCUT2D eigenvalue weighted by Gasteiger charge is -2.19. The normalized spacial score (nSPS) is 34.4. The van der Waals surface area contributed by atoms with E-state index in [4.69, 9.17) is 4.74 Å². The lowest BCUT2D eigenvalue weighted by atomic mass is 9.85. The van der Waals surface area contributed by atoms with Gasteiger partial charge in [-0.05, 0) is 26.8 Å². The van der Waals surface area contributed by atoms with Gasteiger partial charge in [-0.25, -0.2) is 0 Å². The van der Waals surface area contributed by atoms with Crippen LogP contribution in [0.15, 0.2) is 0 Å². The van der Waals surface area contributed by atoms with Gasteiger partial charge in [0.25, 0.3) is 0 Å². The molecule has 2 atom stereocenters. The van der Waals surface area contributed by atoms with Crippen LogP contribution in [0.5, 0.6) is 0 Å². The Morgan fingerprint density at radius 2 is 1.80 bits per heavy atom. The summed E-state index contributed by atoms with van der Waals surface area (Å²) in [5.41, 5.74) is 0.536. The van der Waals surface area contributed by atoms with E-state index in [1.165, 1.54) is 19.4 Å². The van der Waals surface area contributed by atoms with Gasteiger partial charge < -0.3 is 9.64 Å². The first-order valence-corrected chi connectivity index (χ1v) is 6.50. The van der Waals surface area contributed by atoms with Crippen molar-refractivity contribution in [2.24, 2.45) is 5.41 Å². The lowest BCUT2D eigenvalue weighted by molar-refractivity contribution is 0.154. The first-order valence-electron chi connectivity index (χ1n) is 6.50. The first-order chi connectivity index (χ1) is 7.22. The molecular weight excluding hydrogens is 186 g/mol. The van der Waals surface area contributed by atoms with Crippen molar-refractivity contribution in [2.75, 3.05) is 26.8 Å². The Morgan fingerprint density at radius 3 is 2.13 bits per heavy atom. The van der Waals surface area contributed by atoms with Crippen molar-refractivity contribution in [3.8, 4) is 0 Å². The number of rotatable bonds is 0. The van der Waals surface area contributed by atoms with Gasteiger partial charge in [-0.15, -0.1) is 0 Å². The van der Waals surface area contributed by atoms with Crippen LogP contribution in [0.4, 0.5) is 0 Å². The van der Waals surface area contributed by atoms with E-state index in [2.05, 4.69) is 18.9 Å². The summed E-state index contributed by atoms with van der Waals surface area (Å²) >= 11 is 0. The van der Waals surface area contributed by atoms with Crippen molar-refractivity contribution in [3.63, 3.8) is 0 Å². The van der Waals surface area contributed by atoms with Gasteiger partial charge in [0.2, 0.25) is 0 Å².